The lowest BCUT2D eigenvalue weighted by molar-refractivity contribution is 0.517. The zero-order chi connectivity index (χ0) is 15.1. The molecule has 0 aliphatic heterocycles. The summed E-state index contributed by atoms with van der Waals surface area (Å²) < 4.78 is 8.13. The predicted octanol–water partition coefficient (Wildman–Crippen LogP) is 4.17. The summed E-state index contributed by atoms with van der Waals surface area (Å²) >= 11 is 2.25. The van der Waals surface area contributed by atoms with Gasteiger partial charge in [0.15, 0.2) is 5.58 Å². The second-order valence-corrected chi connectivity index (χ2v) is 6.69. The molecule has 0 amide bonds. The van der Waals surface area contributed by atoms with Gasteiger partial charge in [-0.25, -0.2) is 4.79 Å². The number of rotatable bonds is 2. The van der Waals surface area contributed by atoms with Crippen molar-refractivity contribution in [2.75, 3.05) is 0 Å². The highest BCUT2D eigenvalue weighted by atomic mass is 127. The van der Waals surface area contributed by atoms with Crippen molar-refractivity contribution in [3.05, 3.63) is 66.7 Å². The molecule has 3 nitrogen and oxygen atoms in total. The molecule has 1 aromatic heterocycles. The molecule has 1 heterocycles. The Morgan fingerprint density at radius 2 is 1.76 bits per heavy atom. The Bertz CT molecular complexity index is 866. The molecule has 0 atom stereocenters. The van der Waals surface area contributed by atoms with Crippen LogP contribution in [-0.2, 0) is 6.54 Å². The van der Waals surface area contributed by atoms with Crippen LogP contribution >= 0.6 is 22.6 Å². The van der Waals surface area contributed by atoms with E-state index in [1.165, 1.54) is 22.3 Å². The molecule has 3 rings (SSSR count). The van der Waals surface area contributed by atoms with Gasteiger partial charge in [-0.3, -0.25) is 4.57 Å². The van der Waals surface area contributed by atoms with Crippen LogP contribution in [0.4, 0.5) is 0 Å². The Kier molecular flexibility index (Phi) is 3.65. The molecule has 108 valence electrons. The van der Waals surface area contributed by atoms with Crippen LogP contribution in [0, 0.1) is 24.3 Å². The van der Waals surface area contributed by atoms with Gasteiger partial charge in [0.2, 0.25) is 0 Å². The van der Waals surface area contributed by atoms with Crippen LogP contribution in [0.15, 0.2) is 39.5 Å². The van der Waals surface area contributed by atoms with Crippen LogP contribution in [0.3, 0.4) is 0 Å². The Morgan fingerprint density at radius 1 is 1.10 bits per heavy atom. The van der Waals surface area contributed by atoms with E-state index in [0.717, 1.165) is 9.09 Å². The van der Waals surface area contributed by atoms with E-state index in [1.54, 1.807) is 4.57 Å². The van der Waals surface area contributed by atoms with Gasteiger partial charge in [0.1, 0.15) is 0 Å². The molecule has 0 N–H and O–H groups in total. The maximum absolute atomic E-state index is 12.1. The van der Waals surface area contributed by atoms with Crippen molar-refractivity contribution in [2.24, 2.45) is 0 Å². The summed E-state index contributed by atoms with van der Waals surface area (Å²) in [6.45, 7) is 6.81. The zero-order valence-electron chi connectivity index (χ0n) is 12.2. The molecule has 3 aromatic rings. The number of oxazole rings is 1. The average Bonchev–Trinajstić information content (AvgIpc) is 2.69. The fraction of sp³-hybridized carbons (Fsp3) is 0.235. The van der Waals surface area contributed by atoms with E-state index in [1.807, 2.05) is 18.2 Å². The molecule has 21 heavy (non-hydrogen) atoms. The van der Waals surface area contributed by atoms with E-state index >= 15 is 0 Å². The summed E-state index contributed by atoms with van der Waals surface area (Å²) in [6, 6.07) is 10.1. The maximum Gasteiger partial charge on any atom is 0.420 e. The molecule has 0 aliphatic carbocycles. The Morgan fingerprint density at radius 3 is 2.43 bits per heavy atom. The number of aryl methyl sites for hydroxylation is 3. The topological polar surface area (TPSA) is 35.1 Å². The number of benzene rings is 2. The second kappa shape index (κ2) is 5.33. The predicted molar refractivity (Wildman–Crippen MR) is 92.9 cm³/mol. The molecule has 0 radical (unpaired) electrons. The molecule has 0 saturated heterocycles. The molecule has 0 aliphatic rings. The lowest BCUT2D eigenvalue weighted by Gasteiger charge is -2.11. The van der Waals surface area contributed by atoms with Crippen molar-refractivity contribution in [1.82, 2.24) is 4.57 Å². The summed E-state index contributed by atoms with van der Waals surface area (Å²) in [5.74, 6) is -0.300. The van der Waals surface area contributed by atoms with E-state index in [2.05, 4.69) is 55.5 Å². The Labute approximate surface area is 136 Å². The standard InChI is InChI=1S/C17H16INO2/c1-10-6-11(2)14(12(3)7-10)9-19-15-8-13(18)4-5-16(15)21-17(19)20/h4-8H,9H2,1-3H3. The number of halogens is 1. The Hall–Kier alpha value is -1.56. The first kappa shape index (κ1) is 14.4. The molecular formula is C17H16INO2. The summed E-state index contributed by atoms with van der Waals surface area (Å²) in [5.41, 5.74) is 6.34. The fourth-order valence-corrected chi connectivity index (χ4v) is 3.28. The van der Waals surface area contributed by atoms with Crippen LogP contribution in [0.1, 0.15) is 22.3 Å². The van der Waals surface area contributed by atoms with Crippen molar-refractivity contribution in [3.63, 3.8) is 0 Å². The highest BCUT2D eigenvalue weighted by Gasteiger charge is 2.12. The van der Waals surface area contributed by atoms with Gasteiger partial charge in [-0.2, -0.15) is 0 Å². The first-order chi connectivity index (χ1) is 9.95. The van der Waals surface area contributed by atoms with Crippen molar-refractivity contribution >= 4 is 33.7 Å². The highest BCUT2D eigenvalue weighted by molar-refractivity contribution is 14.1. The van der Waals surface area contributed by atoms with Crippen LogP contribution in [-0.4, -0.2) is 4.57 Å². The highest BCUT2D eigenvalue weighted by Crippen LogP contribution is 2.21. The van der Waals surface area contributed by atoms with E-state index < -0.39 is 0 Å². The second-order valence-electron chi connectivity index (χ2n) is 5.44. The van der Waals surface area contributed by atoms with E-state index in [9.17, 15) is 4.79 Å². The smallest absolute Gasteiger partial charge is 0.408 e. The third kappa shape index (κ3) is 2.64. The minimum Gasteiger partial charge on any atom is -0.408 e. The molecule has 4 heteroatoms. The SMILES string of the molecule is Cc1cc(C)c(Cn2c(=O)oc3ccc(I)cc32)c(C)c1. The number of aromatic nitrogens is 1. The average molecular weight is 393 g/mol. The van der Waals surface area contributed by atoms with Gasteiger partial charge < -0.3 is 4.42 Å². The summed E-state index contributed by atoms with van der Waals surface area (Å²) in [6.07, 6.45) is 0. The first-order valence-corrected chi connectivity index (χ1v) is 7.89. The quantitative estimate of drug-likeness (QED) is 0.613. The van der Waals surface area contributed by atoms with Gasteiger partial charge in [-0.1, -0.05) is 17.7 Å². The van der Waals surface area contributed by atoms with Gasteiger partial charge >= 0.3 is 5.76 Å². The largest absolute Gasteiger partial charge is 0.420 e. The van der Waals surface area contributed by atoms with Gasteiger partial charge in [-0.15, -0.1) is 0 Å². The molecule has 0 spiro atoms. The lowest BCUT2D eigenvalue weighted by Crippen LogP contribution is -2.16. The molecule has 0 unspecified atom stereocenters. The van der Waals surface area contributed by atoms with Gasteiger partial charge in [-0.05, 0) is 78.3 Å². The van der Waals surface area contributed by atoms with Gasteiger partial charge in [0.05, 0.1) is 12.1 Å². The third-order valence-corrected chi connectivity index (χ3v) is 4.46. The number of nitrogens with zero attached hydrogens (tertiary/aromatic N) is 1. The van der Waals surface area contributed by atoms with Crippen LogP contribution in [0.25, 0.3) is 11.1 Å². The molecule has 0 fully saturated rings. The first-order valence-electron chi connectivity index (χ1n) is 6.81. The third-order valence-electron chi connectivity index (χ3n) is 3.79. The van der Waals surface area contributed by atoms with Crippen molar-refractivity contribution < 1.29 is 4.42 Å². The lowest BCUT2D eigenvalue weighted by atomic mass is 10.00. The molecule has 2 aromatic carbocycles. The van der Waals surface area contributed by atoms with Crippen LogP contribution < -0.4 is 5.76 Å². The summed E-state index contributed by atoms with van der Waals surface area (Å²) in [5, 5.41) is 0. The van der Waals surface area contributed by atoms with Crippen molar-refractivity contribution in [3.8, 4) is 0 Å². The minimum absolute atomic E-state index is 0.300. The van der Waals surface area contributed by atoms with Crippen LogP contribution in [0.2, 0.25) is 0 Å². The van der Waals surface area contributed by atoms with Crippen LogP contribution in [0.5, 0.6) is 0 Å². The van der Waals surface area contributed by atoms with Gasteiger partial charge in [0.25, 0.3) is 0 Å². The van der Waals surface area contributed by atoms with E-state index in [4.69, 9.17) is 4.42 Å². The van der Waals surface area contributed by atoms with Gasteiger partial charge in [0, 0.05) is 3.57 Å². The number of hydrogen-bond donors (Lipinski definition) is 0. The maximum atomic E-state index is 12.1. The normalized spacial score (nSPS) is 11.2. The Balaban J connectivity index is 2.17. The van der Waals surface area contributed by atoms with E-state index in [0.29, 0.717) is 12.1 Å². The van der Waals surface area contributed by atoms with E-state index in [-0.39, 0.29) is 5.76 Å². The molecule has 0 saturated carbocycles. The minimum atomic E-state index is -0.300. The van der Waals surface area contributed by atoms with Crippen molar-refractivity contribution in [1.29, 1.82) is 0 Å². The zero-order valence-corrected chi connectivity index (χ0v) is 14.4. The molecule has 0 bridgehead atoms. The molecular weight excluding hydrogens is 377 g/mol. The number of hydrogen-bond acceptors (Lipinski definition) is 2. The monoisotopic (exact) mass is 393 g/mol. The van der Waals surface area contributed by atoms with Crippen molar-refractivity contribution in [2.45, 2.75) is 27.3 Å². The number of fused-ring (bicyclic) bond motifs is 1. The fourth-order valence-electron chi connectivity index (χ4n) is 2.80. The summed E-state index contributed by atoms with van der Waals surface area (Å²) in [4.78, 5) is 12.1. The summed E-state index contributed by atoms with van der Waals surface area (Å²) in [7, 11) is 0.